The maximum Gasteiger partial charge on any atom is 0.255 e. The predicted molar refractivity (Wildman–Crippen MR) is 466 cm³/mol. The summed E-state index contributed by atoms with van der Waals surface area (Å²) < 4.78 is 95.1. The van der Waals surface area contributed by atoms with Crippen molar-refractivity contribution in [3.05, 3.63) is 325 Å². The first kappa shape index (κ1) is 92.2. The van der Waals surface area contributed by atoms with Gasteiger partial charge in [0.25, 0.3) is 29.5 Å². The Kier molecular flexibility index (Phi) is 27.8. The number of amides is 15. The minimum Gasteiger partial charge on any atom is -0.489 e. The minimum atomic E-state index is -0.668. The maximum atomic E-state index is 13.3. The Morgan fingerprint density at radius 2 is 0.422 bits per heavy atom. The highest BCUT2D eigenvalue weighted by atomic mass is 19.1. The number of benzene rings is 10. The van der Waals surface area contributed by atoms with E-state index in [0.29, 0.717) is 133 Å². The average molecular weight is 1840 g/mol. The molecule has 5 saturated heterocycles. The lowest BCUT2D eigenvalue weighted by molar-refractivity contribution is -0.138. The number of carbonyl (C=O) groups is 15. The number of piperidine rings is 5. The van der Waals surface area contributed by atoms with Crippen LogP contribution in [0.2, 0.25) is 0 Å². The summed E-state index contributed by atoms with van der Waals surface area (Å²) in [7, 11) is 0. The lowest BCUT2D eigenvalue weighted by atomic mass is 10.0. The molecule has 15 amide bonds. The molecule has 0 radical (unpaired) electrons. The van der Waals surface area contributed by atoms with E-state index in [-0.39, 0.29) is 186 Å². The Morgan fingerprint density at radius 3 is 0.615 bits per heavy atom. The van der Waals surface area contributed by atoms with Gasteiger partial charge >= 0.3 is 0 Å². The summed E-state index contributed by atoms with van der Waals surface area (Å²) in [5, 5.41) is 11.4. The van der Waals surface area contributed by atoms with Gasteiger partial charge in [0.2, 0.25) is 59.1 Å². The van der Waals surface area contributed by atoms with E-state index < -0.39 is 59.7 Å². The molecule has 10 aromatic carbocycles. The van der Waals surface area contributed by atoms with Crippen LogP contribution < -0.4 is 50.3 Å². The van der Waals surface area contributed by atoms with Crippen molar-refractivity contribution < 1.29 is 118 Å². The zero-order chi connectivity index (χ0) is 94.8. The summed E-state index contributed by atoms with van der Waals surface area (Å²) in [4.78, 5) is 189. The minimum absolute atomic E-state index is 0.167. The molecule has 5 atom stereocenters. The standard InChI is InChI=1S/5C20H17FN2O4/c3*21-13-4-1-3-12(9-13)11-27-17-6-2-5-14-15(17)10-23(20(14)26)16-7-8-18(24)22-19(16)25;2*21-13-6-4-12(5-7-13)11-27-17-3-1-2-14-15(17)10-23(20(14)26)16-8-9-18(24)22-19(16)25/h3*1-6,9,16H,7-8,10-11H2,(H,22,24,25);2*1-7,16H,8-11H2,(H,22,24,25)/t2*16-;;16-;/m10.0./s1. The van der Waals surface area contributed by atoms with Crippen LogP contribution in [-0.2, 0) is 114 Å². The third kappa shape index (κ3) is 21.1. The van der Waals surface area contributed by atoms with Crippen LogP contribution in [0.4, 0.5) is 22.0 Å². The largest absolute Gasteiger partial charge is 0.489 e. The second kappa shape index (κ2) is 40.7. The van der Waals surface area contributed by atoms with E-state index in [1.54, 1.807) is 152 Å². The molecule has 690 valence electrons. The Hall–Kier alpha value is -16.1. The number of carbonyl (C=O) groups excluding carboxylic acids is 15. The van der Waals surface area contributed by atoms with Gasteiger partial charge < -0.3 is 48.2 Å². The highest BCUT2D eigenvalue weighted by Gasteiger charge is 2.46. The number of nitrogens with one attached hydrogen (secondary N) is 5. The molecule has 0 aliphatic carbocycles. The van der Waals surface area contributed by atoms with E-state index in [2.05, 4.69) is 26.6 Å². The number of fused-ring (bicyclic) bond motifs is 5. The summed E-state index contributed by atoms with van der Waals surface area (Å²) in [6, 6.07) is 52.9. The molecule has 5 fully saturated rings. The molecule has 20 rings (SSSR count). The van der Waals surface area contributed by atoms with Gasteiger partial charge in [-0.3, -0.25) is 98.5 Å². The van der Waals surface area contributed by atoms with Crippen LogP contribution in [0, 0.1) is 29.1 Å². The third-order valence-electron chi connectivity index (χ3n) is 24.2. The summed E-state index contributed by atoms with van der Waals surface area (Å²) in [5.74, 6) is -4.03. The molecule has 2 unspecified atom stereocenters. The van der Waals surface area contributed by atoms with Crippen molar-refractivity contribution in [3.8, 4) is 28.7 Å². The van der Waals surface area contributed by atoms with Crippen LogP contribution in [-0.4, -0.2) is 143 Å². The molecule has 30 nitrogen and oxygen atoms in total. The van der Waals surface area contributed by atoms with Crippen molar-refractivity contribution in [3.63, 3.8) is 0 Å². The molecule has 0 aromatic heterocycles. The fourth-order valence-electron chi connectivity index (χ4n) is 17.3. The zero-order valence-corrected chi connectivity index (χ0v) is 72.0. The van der Waals surface area contributed by atoms with Crippen LogP contribution in [0.3, 0.4) is 0 Å². The topological polar surface area (TPSA) is 379 Å². The summed E-state index contributed by atoms with van der Waals surface area (Å²) in [6.07, 6.45) is 2.61. The van der Waals surface area contributed by atoms with Crippen LogP contribution in [0.5, 0.6) is 28.7 Å². The van der Waals surface area contributed by atoms with Crippen LogP contribution in [0.15, 0.2) is 212 Å². The van der Waals surface area contributed by atoms with Gasteiger partial charge in [-0.1, -0.05) is 91.0 Å². The summed E-state index contributed by atoms with van der Waals surface area (Å²) in [5.41, 5.74) is 9.62. The molecule has 10 aliphatic rings. The normalized spacial score (nSPS) is 19.1. The molecule has 10 aromatic rings. The molecule has 0 spiro atoms. The number of halogens is 5. The molecular weight excluding hydrogens is 1760 g/mol. The fourth-order valence-corrected chi connectivity index (χ4v) is 17.3. The first-order chi connectivity index (χ1) is 65.1. The lowest BCUT2D eigenvalue weighted by Crippen LogP contribution is -2.52. The van der Waals surface area contributed by atoms with Crippen molar-refractivity contribution >= 4 is 88.6 Å². The first-order valence-electron chi connectivity index (χ1n) is 43.3. The lowest BCUT2D eigenvalue weighted by Gasteiger charge is -2.29. The van der Waals surface area contributed by atoms with E-state index in [0.717, 1.165) is 11.1 Å². The smallest absolute Gasteiger partial charge is 0.255 e. The molecule has 5 N–H and O–H groups in total. The van der Waals surface area contributed by atoms with Crippen molar-refractivity contribution in [1.29, 1.82) is 0 Å². The molecular formula is C100H85F5N10O20. The number of ether oxygens (including phenoxy) is 5. The van der Waals surface area contributed by atoms with E-state index in [1.807, 2.05) is 0 Å². The maximum absolute atomic E-state index is 13.3. The van der Waals surface area contributed by atoms with Gasteiger partial charge in [-0.2, -0.15) is 0 Å². The van der Waals surface area contributed by atoms with Crippen molar-refractivity contribution in [2.75, 3.05) is 0 Å². The van der Waals surface area contributed by atoms with Crippen LogP contribution in [0.1, 0.15) is 172 Å². The summed E-state index contributed by atoms with van der Waals surface area (Å²) >= 11 is 0. The number of nitrogens with zero attached hydrogens (tertiary/aromatic N) is 5. The van der Waals surface area contributed by atoms with Gasteiger partial charge in [-0.05, 0) is 181 Å². The van der Waals surface area contributed by atoms with Gasteiger partial charge in [-0.15, -0.1) is 0 Å². The zero-order valence-electron chi connectivity index (χ0n) is 72.0. The Bertz CT molecular complexity index is 5940. The highest BCUT2D eigenvalue weighted by Crippen LogP contribution is 2.41. The predicted octanol–water partition coefficient (Wildman–Crippen LogP) is 10.8. The van der Waals surface area contributed by atoms with Crippen molar-refractivity contribution in [2.45, 2.75) is 160 Å². The molecule has 10 aliphatic heterocycles. The SMILES string of the molecule is O=C1CCC(N2Cc3c(OCc4ccc(F)cc4)cccc3C2=O)C(=O)N1.O=C1CCC(N2Cc3c(OCc4cccc(F)c4)cccc3C2=O)C(=O)N1.O=C1CC[C@@H](N2Cc3c(OCc4cccc(F)c4)cccc3C2=O)C(=O)N1.O=C1CC[C@H](N2Cc3c(OCc4ccc(F)cc4)cccc3C2=O)C(=O)N1.O=C1CC[C@H](N2Cc3c(OCc4cccc(F)c4)cccc3C2=O)C(=O)N1. The quantitative estimate of drug-likeness (QED) is 0.0349. The van der Waals surface area contributed by atoms with Gasteiger partial charge in [0, 0.05) is 87.7 Å². The van der Waals surface area contributed by atoms with Crippen molar-refractivity contribution in [1.82, 2.24) is 51.1 Å². The Morgan fingerprint density at radius 1 is 0.230 bits per heavy atom. The molecule has 10 heterocycles. The molecule has 0 saturated carbocycles. The number of rotatable bonds is 20. The third-order valence-corrected chi connectivity index (χ3v) is 24.2. The Labute approximate surface area is 767 Å². The van der Waals surface area contributed by atoms with E-state index in [9.17, 15) is 93.9 Å². The van der Waals surface area contributed by atoms with E-state index in [1.165, 1.54) is 85.2 Å². The van der Waals surface area contributed by atoms with E-state index in [4.69, 9.17) is 23.7 Å². The van der Waals surface area contributed by atoms with Crippen LogP contribution >= 0.6 is 0 Å². The molecule has 135 heavy (non-hydrogen) atoms. The number of hydrogen-bond acceptors (Lipinski definition) is 20. The van der Waals surface area contributed by atoms with Gasteiger partial charge in [0.1, 0.15) is 121 Å². The monoisotopic (exact) mass is 1840 g/mol. The molecule has 35 heteroatoms. The first-order valence-corrected chi connectivity index (χ1v) is 43.3. The second-order valence-electron chi connectivity index (χ2n) is 33.0. The van der Waals surface area contributed by atoms with Gasteiger partial charge in [0.05, 0.1) is 32.7 Å². The fraction of sp³-hybridized carbons (Fsp3) is 0.250. The highest BCUT2D eigenvalue weighted by molar-refractivity contribution is 6.10. The number of imide groups is 5. The Balaban J connectivity index is 0.000000123. The average Bonchev–Trinajstić information content (AvgIpc) is 1.65. The summed E-state index contributed by atoms with van der Waals surface area (Å²) in [6.45, 7) is 2.19. The number of hydrogen-bond donors (Lipinski definition) is 5. The van der Waals surface area contributed by atoms with Crippen LogP contribution in [0.25, 0.3) is 0 Å². The second-order valence-corrected chi connectivity index (χ2v) is 33.0. The van der Waals surface area contributed by atoms with Gasteiger partial charge in [0.15, 0.2) is 0 Å². The van der Waals surface area contributed by atoms with Crippen molar-refractivity contribution in [2.24, 2.45) is 0 Å². The van der Waals surface area contributed by atoms with Gasteiger partial charge in [-0.25, -0.2) is 22.0 Å². The molecule has 0 bridgehead atoms. The van der Waals surface area contributed by atoms with E-state index >= 15 is 0 Å².